The minimum atomic E-state index is -2.54. The first kappa shape index (κ1) is 38.9. The van der Waals surface area contributed by atoms with Crippen molar-refractivity contribution in [3.63, 3.8) is 0 Å². The van der Waals surface area contributed by atoms with Crippen LogP contribution in [0.2, 0.25) is 0 Å². The number of para-hydroxylation sites is 1. The molecule has 7 aromatic carbocycles. The smallest absolute Gasteiger partial charge is 0.136 e. The van der Waals surface area contributed by atoms with E-state index >= 15 is 0 Å². The molecular weight excluding hydrogens is 1010 g/mol. The van der Waals surface area contributed by atoms with Crippen LogP contribution in [-0.4, -0.2) is 19.5 Å². The van der Waals surface area contributed by atoms with Gasteiger partial charge in [-0.2, -0.15) is 5.26 Å². The van der Waals surface area contributed by atoms with Crippen molar-refractivity contribution >= 4 is 54.9 Å². The van der Waals surface area contributed by atoms with Crippen molar-refractivity contribution < 1.29 is 37.2 Å². The number of rotatable bonds is 6. The third kappa shape index (κ3) is 8.21. The topological polar surface area (TPSA) is 93.7 Å². The number of aryl methyl sites for hydroxylation is 2. The molecule has 4 heterocycles. The summed E-state index contributed by atoms with van der Waals surface area (Å²) < 4.78 is 66.6. The van der Waals surface area contributed by atoms with E-state index in [1.165, 1.54) is 6.07 Å². The first-order chi connectivity index (χ1) is 34.7. The number of aromatic nitrogens is 4. The van der Waals surface area contributed by atoms with Crippen molar-refractivity contribution in [3.05, 3.63) is 179 Å². The largest absolute Gasteiger partial charge is 0.501 e. The van der Waals surface area contributed by atoms with Crippen molar-refractivity contribution in [2.75, 3.05) is 0 Å². The Labute approximate surface area is 419 Å². The van der Waals surface area contributed by atoms with E-state index in [-0.39, 0.29) is 54.1 Å². The molecule has 0 spiro atoms. The predicted molar refractivity (Wildman–Crippen MR) is 273 cm³/mol. The van der Waals surface area contributed by atoms with Gasteiger partial charge in [0.15, 0.2) is 0 Å². The van der Waals surface area contributed by atoms with Gasteiger partial charge in [-0.05, 0) is 101 Å². The van der Waals surface area contributed by atoms with Crippen LogP contribution in [-0.2, 0) is 25.5 Å². The average molecular weight is 1070 g/mol. The number of hydrogen-bond donors (Lipinski definition) is 0. The van der Waals surface area contributed by atoms with Crippen LogP contribution in [0.3, 0.4) is 0 Å². The van der Waals surface area contributed by atoms with Gasteiger partial charge in [0, 0.05) is 67.5 Å². The first-order valence-electron chi connectivity index (χ1n) is 25.5. The number of imidazole rings is 1. The molecule has 0 saturated heterocycles. The number of nitrogens with zero attached hydrogens (tertiary/aromatic N) is 5. The second kappa shape index (κ2) is 18.1. The summed E-state index contributed by atoms with van der Waals surface area (Å²) in [6.07, 6.45) is 1.81. The molecule has 0 atom stereocenters. The number of hydrogen-bond acceptors (Lipinski definition) is 6. The van der Waals surface area contributed by atoms with E-state index in [0.717, 1.165) is 55.8 Å². The molecule has 0 bridgehead atoms. The SMILES string of the molecule is CC(C)(C)c1ccnc(-c2[c-]cccc2)n1.[2H]C([2H])([2H])c1c[c-]c(-c2nc3cccc(C([2H])([2H])[2H])c3n2-c2c(C(C)C)cc(-c3ccccc3)cc2C(C)C)c2oc3cc4c(cc3c12)oc1cc(C#N)ccc14.[Ir]. The predicted octanol–water partition coefficient (Wildman–Crippen LogP) is 15.9. The summed E-state index contributed by atoms with van der Waals surface area (Å²) in [5, 5.41) is 11.9. The molecule has 1 radical (unpaired) electrons. The molecule has 4 aromatic heterocycles. The van der Waals surface area contributed by atoms with Gasteiger partial charge in [-0.1, -0.05) is 109 Å². The summed E-state index contributed by atoms with van der Waals surface area (Å²) in [7, 11) is 0. The molecule has 0 aliphatic carbocycles. The van der Waals surface area contributed by atoms with Gasteiger partial charge >= 0.3 is 0 Å². The molecule has 339 valence electrons. The van der Waals surface area contributed by atoms with E-state index in [4.69, 9.17) is 22.0 Å². The summed E-state index contributed by atoms with van der Waals surface area (Å²) in [6, 6.07) is 48.3. The van der Waals surface area contributed by atoms with Gasteiger partial charge in [-0.25, -0.2) is 0 Å². The van der Waals surface area contributed by atoms with Crippen LogP contribution >= 0.6 is 0 Å². The zero-order valence-corrected chi connectivity index (χ0v) is 41.1. The van der Waals surface area contributed by atoms with Crippen LogP contribution in [0.4, 0.5) is 0 Å². The third-order valence-electron chi connectivity index (χ3n) is 12.3. The van der Waals surface area contributed by atoms with E-state index in [2.05, 4.69) is 101 Å². The Balaban J connectivity index is 0.000000338. The Hall–Kier alpha value is -7.17. The first-order valence-corrected chi connectivity index (χ1v) is 22.5. The molecule has 8 heteroatoms. The fourth-order valence-corrected chi connectivity index (χ4v) is 8.89. The minimum Gasteiger partial charge on any atom is -0.501 e. The van der Waals surface area contributed by atoms with Gasteiger partial charge in [0.25, 0.3) is 0 Å². The van der Waals surface area contributed by atoms with Gasteiger partial charge in [-0.15, -0.1) is 53.6 Å². The standard InChI is InChI=1S/C46H36N3O2.C14H15N2.Ir/c1-25(2)34-20-31(30-12-8-7-9-13-30)21-35(26(3)4)44(34)49-43-28(6)11-10-14-38(43)48-46(49)33-17-15-27(5)42-37-23-40-36(22-41(37)51-45(33)42)32-18-16-29(24-47)19-39(32)50-40;1-14(2,3)12-9-10-15-13(16-12)11-7-5-4-6-8-11;/h7-16,18-23,25-26H,1-6H3;4-7,9-10H,1-3H3;/q2*-1;/i5D3,6D3;;. The van der Waals surface area contributed by atoms with E-state index in [0.29, 0.717) is 55.5 Å². The van der Waals surface area contributed by atoms with Crippen molar-refractivity contribution in [3.8, 4) is 45.7 Å². The van der Waals surface area contributed by atoms with Crippen LogP contribution in [0.15, 0.2) is 142 Å². The van der Waals surface area contributed by atoms with Gasteiger partial charge in [-0.3, -0.25) is 15.0 Å². The maximum Gasteiger partial charge on any atom is 0.136 e. The Morgan fingerprint density at radius 2 is 1.43 bits per heavy atom. The van der Waals surface area contributed by atoms with E-state index in [1.807, 2.05) is 71.4 Å². The molecule has 0 amide bonds. The molecule has 0 unspecified atom stereocenters. The molecule has 0 aliphatic heterocycles. The van der Waals surface area contributed by atoms with E-state index in [9.17, 15) is 5.26 Å². The molecule has 0 aliphatic rings. The second-order valence-electron chi connectivity index (χ2n) is 18.6. The number of benzene rings is 7. The molecule has 68 heavy (non-hydrogen) atoms. The second-order valence-corrected chi connectivity index (χ2v) is 18.6. The maximum atomic E-state index is 9.48. The quantitative estimate of drug-likeness (QED) is 0.154. The summed E-state index contributed by atoms with van der Waals surface area (Å²) >= 11 is 0. The van der Waals surface area contributed by atoms with Crippen LogP contribution in [0.25, 0.3) is 94.5 Å². The van der Waals surface area contributed by atoms with Crippen LogP contribution in [0.1, 0.15) is 102 Å². The Kier molecular flexibility index (Phi) is 10.4. The molecule has 7 nitrogen and oxygen atoms in total. The van der Waals surface area contributed by atoms with Gasteiger partial charge in [0.2, 0.25) is 0 Å². The molecule has 0 N–H and O–H groups in total. The zero-order valence-electron chi connectivity index (χ0n) is 44.7. The maximum absolute atomic E-state index is 9.48. The summed E-state index contributed by atoms with van der Waals surface area (Å²) in [6.45, 7) is 9.91. The Morgan fingerprint density at radius 3 is 2.12 bits per heavy atom. The number of fused-ring (bicyclic) bond motifs is 7. The normalized spacial score (nSPS) is 13.4. The Morgan fingerprint density at radius 1 is 0.706 bits per heavy atom. The van der Waals surface area contributed by atoms with E-state index < -0.39 is 13.7 Å². The van der Waals surface area contributed by atoms with Gasteiger partial charge in [0.1, 0.15) is 16.7 Å². The molecule has 0 saturated carbocycles. The molecule has 11 aromatic rings. The zero-order chi connectivity index (χ0) is 51.7. The Bertz CT molecular complexity index is 3920. The summed E-state index contributed by atoms with van der Waals surface area (Å²) in [5.74, 6) is 1.13. The van der Waals surface area contributed by atoms with E-state index in [1.54, 1.807) is 36.4 Å². The molecule has 11 rings (SSSR count). The van der Waals surface area contributed by atoms with Gasteiger partial charge < -0.3 is 13.4 Å². The van der Waals surface area contributed by atoms with Crippen molar-refractivity contribution in [2.24, 2.45) is 0 Å². The average Bonchev–Trinajstić information content (AvgIpc) is 4.05. The van der Waals surface area contributed by atoms with Crippen molar-refractivity contribution in [1.29, 1.82) is 5.26 Å². The number of furan rings is 2. The third-order valence-corrected chi connectivity index (χ3v) is 12.3. The number of nitriles is 1. The summed E-state index contributed by atoms with van der Waals surface area (Å²) in [4.78, 5) is 14.0. The van der Waals surface area contributed by atoms with Crippen LogP contribution < -0.4 is 0 Å². The monoisotopic (exact) mass is 1070 g/mol. The van der Waals surface area contributed by atoms with Crippen LogP contribution in [0, 0.1) is 37.2 Å². The van der Waals surface area contributed by atoms with Crippen molar-refractivity contribution in [1.82, 2.24) is 19.5 Å². The van der Waals surface area contributed by atoms with Crippen LogP contribution in [0.5, 0.6) is 0 Å². The minimum absolute atomic E-state index is 0. The van der Waals surface area contributed by atoms with Gasteiger partial charge in [0.05, 0.1) is 39.9 Å². The van der Waals surface area contributed by atoms with Crippen molar-refractivity contribution in [2.45, 2.75) is 79.4 Å². The summed E-state index contributed by atoms with van der Waals surface area (Å²) in [5.41, 5.74) is 10.6. The molecule has 0 fully saturated rings. The molecular formula is C60H51IrN5O2-2. The fourth-order valence-electron chi connectivity index (χ4n) is 8.89. The fraction of sp³-hybridized carbons (Fsp3) is 0.200.